The number of benzene rings is 1. The topological polar surface area (TPSA) is 57.9 Å². The summed E-state index contributed by atoms with van der Waals surface area (Å²) in [4.78, 5) is 2.42. The SMILES string of the molecule is Nc1[nH]ncc1-c1ccccc1N1CCCC1. The van der Waals surface area contributed by atoms with Gasteiger partial charge in [-0.2, -0.15) is 5.10 Å². The highest BCUT2D eigenvalue weighted by Crippen LogP contribution is 2.34. The van der Waals surface area contributed by atoms with Crippen LogP contribution in [-0.2, 0) is 0 Å². The highest BCUT2D eigenvalue weighted by Gasteiger charge is 2.17. The molecule has 4 heteroatoms. The van der Waals surface area contributed by atoms with Crippen LogP contribution in [0.15, 0.2) is 30.5 Å². The maximum Gasteiger partial charge on any atom is 0.126 e. The molecule has 1 aromatic carbocycles. The molecule has 0 radical (unpaired) electrons. The molecule has 0 saturated carbocycles. The predicted molar refractivity (Wildman–Crippen MR) is 69.9 cm³/mol. The standard InChI is InChI=1S/C13H16N4/c14-13-11(9-15-16-13)10-5-1-2-6-12(10)17-7-3-4-8-17/h1-2,5-6,9H,3-4,7-8H2,(H3,14,15,16). The molecule has 0 unspecified atom stereocenters. The fourth-order valence-electron chi connectivity index (χ4n) is 2.45. The maximum atomic E-state index is 5.90. The Bertz CT molecular complexity index is 512. The van der Waals surface area contributed by atoms with Crippen molar-refractivity contribution in [3.05, 3.63) is 30.5 Å². The lowest BCUT2D eigenvalue weighted by Crippen LogP contribution is -2.18. The number of anilines is 2. The van der Waals surface area contributed by atoms with Crippen molar-refractivity contribution >= 4 is 11.5 Å². The Labute approximate surface area is 100 Å². The van der Waals surface area contributed by atoms with Gasteiger partial charge < -0.3 is 10.6 Å². The van der Waals surface area contributed by atoms with Gasteiger partial charge in [-0.3, -0.25) is 5.10 Å². The zero-order valence-electron chi connectivity index (χ0n) is 9.69. The lowest BCUT2D eigenvalue weighted by molar-refractivity contribution is 0.949. The normalized spacial score (nSPS) is 15.4. The second-order valence-electron chi connectivity index (χ2n) is 4.41. The van der Waals surface area contributed by atoms with E-state index in [9.17, 15) is 0 Å². The molecule has 0 spiro atoms. The van der Waals surface area contributed by atoms with Crippen LogP contribution in [-0.4, -0.2) is 23.3 Å². The number of nitrogens with one attached hydrogen (secondary N) is 1. The van der Waals surface area contributed by atoms with Gasteiger partial charge >= 0.3 is 0 Å². The summed E-state index contributed by atoms with van der Waals surface area (Å²) in [6, 6.07) is 8.39. The lowest BCUT2D eigenvalue weighted by Gasteiger charge is -2.21. The number of para-hydroxylation sites is 1. The van der Waals surface area contributed by atoms with E-state index in [-0.39, 0.29) is 0 Å². The number of nitrogens with two attached hydrogens (primary N) is 1. The predicted octanol–water partition coefficient (Wildman–Crippen LogP) is 2.26. The molecule has 2 aromatic rings. The smallest absolute Gasteiger partial charge is 0.126 e. The fourth-order valence-corrected chi connectivity index (χ4v) is 2.45. The van der Waals surface area contributed by atoms with E-state index in [1.54, 1.807) is 6.20 Å². The first-order valence-corrected chi connectivity index (χ1v) is 5.99. The van der Waals surface area contributed by atoms with Gasteiger partial charge in [-0.25, -0.2) is 0 Å². The minimum atomic E-state index is 0.636. The van der Waals surface area contributed by atoms with Gasteiger partial charge in [0.25, 0.3) is 0 Å². The van der Waals surface area contributed by atoms with Crippen molar-refractivity contribution in [2.75, 3.05) is 23.7 Å². The first-order chi connectivity index (χ1) is 8.36. The lowest BCUT2D eigenvalue weighted by atomic mass is 10.1. The van der Waals surface area contributed by atoms with Crippen molar-refractivity contribution in [3.8, 4) is 11.1 Å². The minimum Gasteiger partial charge on any atom is -0.384 e. The third kappa shape index (κ3) is 1.75. The van der Waals surface area contributed by atoms with Gasteiger partial charge in [0.05, 0.1) is 6.20 Å². The highest BCUT2D eigenvalue weighted by atomic mass is 15.2. The summed E-state index contributed by atoms with van der Waals surface area (Å²) < 4.78 is 0. The van der Waals surface area contributed by atoms with Crippen molar-refractivity contribution < 1.29 is 0 Å². The molecule has 4 nitrogen and oxygen atoms in total. The van der Waals surface area contributed by atoms with Gasteiger partial charge in [0.1, 0.15) is 5.82 Å². The van der Waals surface area contributed by atoms with Crippen molar-refractivity contribution in [2.45, 2.75) is 12.8 Å². The molecule has 88 valence electrons. The number of hydrogen-bond donors (Lipinski definition) is 2. The Morgan fingerprint density at radius 2 is 1.88 bits per heavy atom. The van der Waals surface area contributed by atoms with Gasteiger partial charge in [0, 0.05) is 29.9 Å². The molecule has 1 aromatic heterocycles. The molecule has 1 aliphatic heterocycles. The third-order valence-corrected chi connectivity index (χ3v) is 3.31. The van der Waals surface area contributed by atoms with E-state index in [1.807, 2.05) is 6.07 Å². The van der Waals surface area contributed by atoms with Crippen LogP contribution >= 0.6 is 0 Å². The van der Waals surface area contributed by atoms with Crippen LogP contribution in [0.1, 0.15) is 12.8 Å². The summed E-state index contributed by atoms with van der Waals surface area (Å²) in [5.41, 5.74) is 9.33. The van der Waals surface area contributed by atoms with Crippen LogP contribution in [0.5, 0.6) is 0 Å². The van der Waals surface area contributed by atoms with Gasteiger partial charge in [-0.1, -0.05) is 18.2 Å². The van der Waals surface area contributed by atoms with Crippen LogP contribution in [0, 0.1) is 0 Å². The van der Waals surface area contributed by atoms with Crippen LogP contribution in [0.2, 0.25) is 0 Å². The molecule has 1 fully saturated rings. The van der Waals surface area contributed by atoms with Crippen molar-refractivity contribution in [1.29, 1.82) is 0 Å². The average molecular weight is 228 g/mol. The fraction of sp³-hybridized carbons (Fsp3) is 0.308. The first-order valence-electron chi connectivity index (χ1n) is 5.99. The van der Waals surface area contributed by atoms with Gasteiger partial charge in [-0.05, 0) is 18.9 Å². The Kier molecular flexibility index (Phi) is 2.48. The second-order valence-corrected chi connectivity index (χ2v) is 4.41. The summed E-state index contributed by atoms with van der Waals surface area (Å²) in [6.07, 6.45) is 4.34. The van der Waals surface area contributed by atoms with E-state index in [1.165, 1.54) is 24.1 Å². The molecule has 3 rings (SSSR count). The quantitative estimate of drug-likeness (QED) is 0.829. The number of aromatic nitrogens is 2. The molecule has 0 amide bonds. The van der Waals surface area contributed by atoms with Gasteiger partial charge in [0.15, 0.2) is 0 Å². The Hall–Kier alpha value is -1.97. The minimum absolute atomic E-state index is 0.636. The van der Waals surface area contributed by atoms with E-state index in [0.29, 0.717) is 5.82 Å². The molecule has 0 aliphatic carbocycles. The van der Waals surface area contributed by atoms with Crippen molar-refractivity contribution in [2.24, 2.45) is 0 Å². The Morgan fingerprint density at radius 1 is 1.12 bits per heavy atom. The summed E-state index contributed by atoms with van der Waals surface area (Å²) >= 11 is 0. The maximum absolute atomic E-state index is 5.90. The number of H-pyrrole nitrogens is 1. The average Bonchev–Trinajstić information content (AvgIpc) is 3.00. The third-order valence-electron chi connectivity index (χ3n) is 3.31. The van der Waals surface area contributed by atoms with Crippen LogP contribution in [0.25, 0.3) is 11.1 Å². The number of hydrogen-bond acceptors (Lipinski definition) is 3. The molecule has 0 atom stereocenters. The Morgan fingerprint density at radius 3 is 2.59 bits per heavy atom. The molecule has 1 aliphatic rings. The van der Waals surface area contributed by atoms with Crippen molar-refractivity contribution in [3.63, 3.8) is 0 Å². The van der Waals surface area contributed by atoms with Crippen LogP contribution in [0.4, 0.5) is 11.5 Å². The van der Waals surface area contributed by atoms with Crippen LogP contribution in [0.3, 0.4) is 0 Å². The molecular formula is C13H16N4. The zero-order valence-corrected chi connectivity index (χ0v) is 9.69. The van der Waals surface area contributed by atoms with Gasteiger partial charge in [0.2, 0.25) is 0 Å². The summed E-state index contributed by atoms with van der Waals surface area (Å²) in [6.45, 7) is 2.27. The second kappa shape index (κ2) is 4.13. The van der Waals surface area contributed by atoms with E-state index in [2.05, 4.69) is 33.3 Å². The summed E-state index contributed by atoms with van der Waals surface area (Å²) in [7, 11) is 0. The highest BCUT2D eigenvalue weighted by molar-refractivity contribution is 5.83. The summed E-state index contributed by atoms with van der Waals surface area (Å²) in [5.74, 6) is 0.636. The summed E-state index contributed by atoms with van der Waals surface area (Å²) in [5, 5.41) is 6.79. The van der Waals surface area contributed by atoms with Crippen molar-refractivity contribution in [1.82, 2.24) is 10.2 Å². The largest absolute Gasteiger partial charge is 0.384 e. The van der Waals surface area contributed by atoms with Gasteiger partial charge in [-0.15, -0.1) is 0 Å². The molecule has 3 N–H and O–H groups in total. The molecular weight excluding hydrogens is 212 g/mol. The zero-order chi connectivity index (χ0) is 11.7. The number of nitrogens with zero attached hydrogens (tertiary/aromatic N) is 2. The number of nitrogen functional groups attached to an aromatic ring is 1. The van der Waals surface area contributed by atoms with E-state index < -0.39 is 0 Å². The number of rotatable bonds is 2. The molecule has 17 heavy (non-hydrogen) atoms. The first kappa shape index (κ1) is 10.2. The molecule has 0 bridgehead atoms. The number of aromatic amines is 1. The monoisotopic (exact) mass is 228 g/mol. The van der Waals surface area contributed by atoms with Crippen LogP contribution < -0.4 is 10.6 Å². The Balaban J connectivity index is 2.07. The van der Waals surface area contributed by atoms with E-state index in [0.717, 1.165) is 18.7 Å². The molecule has 2 heterocycles. The van der Waals surface area contributed by atoms with E-state index in [4.69, 9.17) is 5.73 Å². The molecule has 1 saturated heterocycles. The van der Waals surface area contributed by atoms with E-state index >= 15 is 0 Å².